The third-order valence-corrected chi connectivity index (χ3v) is 2.71. The van der Waals surface area contributed by atoms with Crippen molar-refractivity contribution in [2.75, 3.05) is 0 Å². The van der Waals surface area contributed by atoms with E-state index in [9.17, 15) is 4.39 Å². The Kier molecular flexibility index (Phi) is 3.68. The van der Waals surface area contributed by atoms with Gasteiger partial charge in [0.25, 0.3) is 0 Å². The summed E-state index contributed by atoms with van der Waals surface area (Å²) in [6.45, 7) is 0. The molecule has 7 heteroatoms. The lowest BCUT2D eigenvalue weighted by atomic mass is 10.1. The normalized spacial score (nSPS) is 12.6. The van der Waals surface area contributed by atoms with Gasteiger partial charge in [-0.05, 0) is 18.1 Å². The van der Waals surface area contributed by atoms with Gasteiger partial charge in [-0.3, -0.25) is 10.9 Å². The van der Waals surface area contributed by atoms with Crippen molar-refractivity contribution >= 4 is 11.6 Å². The van der Waals surface area contributed by atoms with E-state index in [2.05, 4.69) is 20.6 Å². The van der Waals surface area contributed by atoms with E-state index < -0.39 is 5.82 Å². The van der Waals surface area contributed by atoms with E-state index in [1.165, 1.54) is 12.4 Å². The Hall–Kier alpha value is -1.50. The fourth-order valence-corrected chi connectivity index (χ4v) is 1.74. The topological polar surface area (TPSA) is 79.6 Å². The van der Waals surface area contributed by atoms with Crippen LogP contribution in [0, 0.1) is 5.82 Å². The minimum atomic E-state index is -0.436. The second kappa shape index (κ2) is 5.22. The molecule has 1 unspecified atom stereocenters. The van der Waals surface area contributed by atoms with Gasteiger partial charge in [0.05, 0.1) is 11.1 Å². The van der Waals surface area contributed by atoms with Gasteiger partial charge in [0.15, 0.2) is 0 Å². The van der Waals surface area contributed by atoms with Gasteiger partial charge in [-0.2, -0.15) is 5.10 Å². The van der Waals surface area contributed by atoms with Crippen molar-refractivity contribution in [1.29, 1.82) is 0 Å². The molecule has 0 aliphatic rings. The quantitative estimate of drug-likeness (QED) is 0.569. The zero-order valence-electron chi connectivity index (χ0n) is 8.82. The molecule has 0 radical (unpaired) electrons. The average molecular weight is 256 g/mol. The molecule has 0 amide bonds. The Morgan fingerprint density at radius 3 is 3.00 bits per heavy atom. The third kappa shape index (κ3) is 2.60. The van der Waals surface area contributed by atoms with Crippen molar-refractivity contribution in [2.45, 2.75) is 12.5 Å². The molecule has 90 valence electrons. The molecule has 1 aromatic carbocycles. The first-order valence-electron chi connectivity index (χ1n) is 4.96. The number of H-pyrrole nitrogens is 1. The molecule has 1 heterocycles. The summed E-state index contributed by atoms with van der Waals surface area (Å²) in [5.41, 5.74) is 3.03. The maximum atomic E-state index is 13.7. The molecule has 2 rings (SSSR count). The van der Waals surface area contributed by atoms with E-state index in [-0.39, 0.29) is 11.1 Å². The number of rotatable bonds is 4. The molecule has 2 aromatic rings. The molecule has 0 spiro atoms. The van der Waals surface area contributed by atoms with Gasteiger partial charge in [-0.15, -0.1) is 0 Å². The highest BCUT2D eigenvalue weighted by Gasteiger charge is 2.16. The molecule has 0 saturated carbocycles. The van der Waals surface area contributed by atoms with Gasteiger partial charge < -0.3 is 0 Å². The van der Waals surface area contributed by atoms with Crippen LogP contribution in [0.1, 0.15) is 17.4 Å². The lowest BCUT2D eigenvalue weighted by Gasteiger charge is -2.13. The zero-order chi connectivity index (χ0) is 12.3. The van der Waals surface area contributed by atoms with Crippen molar-refractivity contribution < 1.29 is 4.39 Å². The predicted octanol–water partition coefficient (Wildman–Crippen LogP) is 1.34. The summed E-state index contributed by atoms with van der Waals surface area (Å²) >= 11 is 5.70. The van der Waals surface area contributed by atoms with E-state index in [4.69, 9.17) is 17.4 Å². The zero-order valence-corrected chi connectivity index (χ0v) is 9.58. The van der Waals surface area contributed by atoms with Gasteiger partial charge in [0, 0.05) is 0 Å². The van der Waals surface area contributed by atoms with Crippen molar-refractivity contribution in [3.63, 3.8) is 0 Å². The summed E-state index contributed by atoms with van der Waals surface area (Å²) in [6, 6.07) is 4.50. The Bertz CT molecular complexity index is 487. The molecule has 4 N–H and O–H groups in total. The van der Waals surface area contributed by atoms with E-state index in [0.717, 1.165) is 0 Å². The number of nitrogens with zero attached hydrogens (tertiary/aromatic N) is 2. The minimum absolute atomic E-state index is 0.0934. The van der Waals surface area contributed by atoms with Crippen molar-refractivity contribution in [3.05, 3.63) is 46.8 Å². The summed E-state index contributed by atoms with van der Waals surface area (Å²) < 4.78 is 13.7. The number of nitrogens with one attached hydrogen (secondary N) is 2. The first-order valence-corrected chi connectivity index (χ1v) is 5.34. The molecule has 0 saturated heterocycles. The van der Waals surface area contributed by atoms with Crippen molar-refractivity contribution in [3.8, 4) is 0 Å². The Balaban J connectivity index is 2.22. The van der Waals surface area contributed by atoms with Gasteiger partial charge >= 0.3 is 0 Å². The predicted molar refractivity (Wildman–Crippen MR) is 61.6 cm³/mol. The monoisotopic (exact) mass is 255 g/mol. The Morgan fingerprint density at radius 2 is 2.35 bits per heavy atom. The molecular weight excluding hydrogens is 245 g/mol. The number of halogens is 2. The molecular formula is C10H11ClFN5. The fraction of sp³-hybridized carbons (Fsp3) is 0.200. The highest BCUT2D eigenvalue weighted by atomic mass is 35.5. The van der Waals surface area contributed by atoms with Gasteiger partial charge in [-0.25, -0.2) is 14.8 Å². The summed E-state index contributed by atoms with van der Waals surface area (Å²) in [5.74, 6) is 5.52. The van der Waals surface area contributed by atoms with E-state index in [1.54, 1.807) is 12.1 Å². The summed E-state index contributed by atoms with van der Waals surface area (Å²) in [6.07, 6.45) is 1.70. The Morgan fingerprint density at radius 1 is 1.53 bits per heavy atom. The second-order valence-corrected chi connectivity index (χ2v) is 3.91. The number of benzene rings is 1. The number of hydrazine groups is 1. The smallest absolute Gasteiger partial charge is 0.145 e. The van der Waals surface area contributed by atoms with Crippen molar-refractivity contribution in [2.24, 2.45) is 5.84 Å². The highest BCUT2D eigenvalue weighted by molar-refractivity contribution is 6.30. The number of nitrogens with two attached hydrogens (primary N) is 1. The maximum absolute atomic E-state index is 13.7. The van der Waals surface area contributed by atoms with Crippen LogP contribution in [-0.4, -0.2) is 15.2 Å². The number of aromatic amines is 1. The average Bonchev–Trinajstić information content (AvgIpc) is 2.85. The SMILES string of the molecule is NNC(Cc1cccc(Cl)c1F)c1ncn[nH]1. The van der Waals surface area contributed by atoms with Crippen LogP contribution in [0.15, 0.2) is 24.5 Å². The number of hydrogen-bond donors (Lipinski definition) is 3. The lowest BCUT2D eigenvalue weighted by Crippen LogP contribution is -2.30. The van der Waals surface area contributed by atoms with Crippen LogP contribution >= 0.6 is 11.6 Å². The molecule has 0 aliphatic carbocycles. The van der Waals surface area contributed by atoms with Crippen LogP contribution in [-0.2, 0) is 6.42 Å². The van der Waals surface area contributed by atoms with E-state index in [1.807, 2.05) is 0 Å². The molecule has 1 aromatic heterocycles. The van der Waals surface area contributed by atoms with Crippen LogP contribution in [0.5, 0.6) is 0 Å². The van der Waals surface area contributed by atoms with Crippen LogP contribution < -0.4 is 11.3 Å². The molecule has 0 bridgehead atoms. The standard InChI is InChI=1S/C10H11ClFN5/c11-7-3-1-2-6(9(7)12)4-8(16-13)10-14-5-15-17-10/h1-3,5,8,16H,4,13H2,(H,14,15,17). The Labute approximate surface area is 102 Å². The molecule has 5 nitrogen and oxygen atoms in total. The van der Waals surface area contributed by atoms with Crippen LogP contribution in [0.25, 0.3) is 0 Å². The van der Waals surface area contributed by atoms with E-state index >= 15 is 0 Å². The minimum Gasteiger partial charge on any atom is -0.271 e. The first kappa shape index (κ1) is 12.0. The lowest BCUT2D eigenvalue weighted by molar-refractivity contribution is 0.508. The maximum Gasteiger partial charge on any atom is 0.145 e. The molecule has 1 atom stereocenters. The van der Waals surface area contributed by atoms with Crippen LogP contribution in [0.4, 0.5) is 4.39 Å². The van der Waals surface area contributed by atoms with Crippen LogP contribution in [0.2, 0.25) is 5.02 Å². The van der Waals surface area contributed by atoms with Crippen molar-refractivity contribution in [1.82, 2.24) is 20.6 Å². The van der Waals surface area contributed by atoms with Crippen LogP contribution in [0.3, 0.4) is 0 Å². The number of hydrogen-bond acceptors (Lipinski definition) is 4. The summed E-state index contributed by atoms with van der Waals surface area (Å²) in [7, 11) is 0. The van der Waals surface area contributed by atoms with E-state index in [0.29, 0.717) is 17.8 Å². The molecule has 0 aliphatic heterocycles. The molecule has 0 fully saturated rings. The van der Waals surface area contributed by atoms with Gasteiger partial charge in [0.2, 0.25) is 0 Å². The third-order valence-electron chi connectivity index (χ3n) is 2.42. The summed E-state index contributed by atoms with van der Waals surface area (Å²) in [5, 5.41) is 6.50. The summed E-state index contributed by atoms with van der Waals surface area (Å²) in [4.78, 5) is 3.97. The van der Waals surface area contributed by atoms with Gasteiger partial charge in [0.1, 0.15) is 18.0 Å². The number of aromatic nitrogens is 3. The largest absolute Gasteiger partial charge is 0.271 e. The second-order valence-electron chi connectivity index (χ2n) is 3.51. The highest BCUT2D eigenvalue weighted by Crippen LogP contribution is 2.22. The van der Waals surface area contributed by atoms with Gasteiger partial charge in [-0.1, -0.05) is 23.7 Å². The molecule has 17 heavy (non-hydrogen) atoms. The first-order chi connectivity index (χ1) is 8.22. The fourth-order valence-electron chi connectivity index (χ4n) is 1.54.